The van der Waals surface area contributed by atoms with Crippen LogP contribution in [0.25, 0.3) is 0 Å². The molecule has 0 spiro atoms. The van der Waals surface area contributed by atoms with Crippen LogP contribution >= 0.6 is 12.2 Å². The second kappa shape index (κ2) is 8.98. The molecular formula is C18H27N5O3S. The van der Waals surface area contributed by atoms with Gasteiger partial charge in [-0.2, -0.15) is 0 Å². The SMILES string of the molecule is CC(C)(C)NC(=S)NNC(=O)c1ccc(N2CCCCCC2)c([N+](=O)[O-])c1. The number of carbonyl (C=O) groups is 1. The van der Waals surface area contributed by atoms with Crippen molar-refractivity contribution in [3.63, 3.8) is 0 Å². The molecule has 1 aliphatic heterocycles. The van der Waals surface area contributed by atoms with Crippen LogP contribution in [0.15, 0.2) is 18.2 Å². The van der Waals surface area contributed by atoms with Crippen molar-refractivity contribution in [3.8, 4) is 0 Å². The first kappa shape index (κ1) is 20.9. The Morgan fingerprint density at radius 1 is 1.15 bits per heavy atom. The number of hydrogen-bond acceptors (Lipinski definition) is 5. The van der Waals surface area contributed by atoms with Crippen LogP contribution in [0.3, 0.4) is 0 Å². The fourth-order valence-electron chi connectivity index (χ4n) is 2.95. The van der Waals surface area contributed by atoms with Crippen molar-refractivity contribution in [1.82, 2.24) is 16.2 Å². The van der Waals surface area contributed by atoms with Crippen molar-refractivity contribution >= 4 is 34.6 Å². The predicted molar refractivity (Wildman–Crippen MR) is 110 cm³/mol. The first-order valence-corrected chi connectivity index (χ1v) is 9.50. The number of carbonyl (C=O) groups excluding carboxylic acids is 1. The van der Waals surface area contributed by atoms with Crippen LogP contribution in [0.4, 0.5) is 11.4 Å². The summed E-state index contributed by atoms with van der Waals surface area (Å²) < 4.78 is 0. The Hall–Kier alpha value is -2.42. The number of nitrogens with one attached hydrogen (secondary N) is 3. The van der Waals surface area contributed by atoms with E-state index in [0.717, 1.165) is 38.8 Å². The lowest BCUT2D eigenvalue weighted by Gasteiger charge is -2.23. The average molecular weight is 394 g/mol. The lowest BCUT2D eigenvalue weighted by Crippen LogP contribution is -2.52. The standard InChI is InChI=1S/C18H27N5O3S/c1-18(2,3)19-17(27)21-20-16(24)13-8-9-14(15(12-13)23(25)26)22-10-6-4-5-7-11-22/h8-9,12H,4-7,10-11H2,1-3H3,(H,20,24)(H2,19,21,27). The third-order valence-electron chi connectivity index (χ3n) is 4.16. The van der Waals surface area contributed by atoms with E-state index in [9.17, 15) is 14.9 Å². The molecule has 0 aromatic heterocycles. The summed E-state index contributed by atoms with van der Waals surface area (Å²) in [5.41, 5.74) is 5.54. The van der Waals surface area contributed by atoms with Crippen LogP contribution in [-0.4, -0.2) is 34.6 Å². The third-order valence-corrected chi connectivity index (χ3v) is 4.36. The fraction of sp³-hybridized carbons (Fsp3) is 0.556. The number of nitro groups is 1. The maximum Gasteiger partial charge on any atom is 0.293 e. The molecule has 0 radical (unpaired) electrons. The number of rotatable bonds is 3. The maximum absolute atomic E-state index is 12.3. The normalized spacial score (nSPS) is 14.9. The van der Waals surface area contributed by atoms with Gasteiger partial charge >= 0.3 is 0 Å². The van der Waals surface area contributed by atoms with E-state index >= 15 is 0 Å². The summed E-state index contributed by atoms with van der Waals surface area (Å²) >= 11 is 5.10. The van der Waals surface area contributed by atoms with Gasteiger partial charge in [-0.15, -0.1) is 0 Å². The zero-order chi connectivity index (χ0) is 20.0. The molecule has 0 aliphatic carbocycles. The van der Waals surface area contributed by atoms with Crippen LogP contribution in [0.5, 0.6) is 0 Å². The van der Waals surface area contributed by atoms with E-state index in [1.807, 2.05) is 25.7 Å². The molecule has 1 fully saturated rings. The smallest absolute Gasteiger partial charge is 0.293 e. The van der Waals surface area contributed by atoms with E-state index < -0.39 is 10.8 Å². The highest BCUT2D eigenvalue weighted by atomic mass is 32.1. The van der Waals surface area contributed by atoms with Crippen molar-refractivity contribution in [2.75, 3.05) is 18.0 Å². The largest absolute Gasteiger partial charge is 0.366 e. The van der Waals surface area contributed by atoms with Gasteiger partial charge in [0, 0.05) is 30.3 Å². The number of hydrogen-bond donors (Lipinski definition) is 3. The summed E-state index contributed by atoms with van der Waals surface area (Å²) in [7, 11) is 0. The number of anilines is 1. The number of amides is 1. The third kappa shape index (κ3) is 6.35. The summed E-state index contributed by atoms with van der Waals surface area (Å²) in [6.07, 6.45) is 4.31. The minimum absolute atomic E-state index is 0.0556. The minimum atomic E-state index is -0.487. The Balaban J connectivity index is 2.11. The van der Waals surface area contributed by atoms with Gasteiger partial charge in [0.2, 0.25) is 0 Å². The fourth-order valence-corrected chi connectivity index (χ4v) is 3.30. The summed E-state index contributed by atoms with van der Waals surface area (Å²) in [5.74, 6) is -0.487. The first-order valence-electron chi connectivity index (χ1n) is 9.09. The quantitative estimate of drug-likeness (QED) is 0.412. The highest BCUT2D eigenvalue weighted by Gasteiger charge is 2.23. The van der Waals surface area contributed by atoms with Gasteiger partial charge in [0.05, 0.1) is 4.92 Å². The Kier molecular flexibility index (Phi) is 6.95. The monoisotopic (exact) mass is 393 g/mol. The highest BCUT2D eigenvalue weighted by Crippen LogP contribution is 2.31. The molecule has 0 saturated carbocycles. The number of nitrogens with zero attached hydrogens (tertiary/aromatic N) is 2. The molecule has 3 N–H and O–H groups in total. The predicted octanol–water partition coefficient (Wildman–Crippen LogP) is 2.88. The maximum atomic E-state index is 12.3. The van der Waals surface area contributed by atoms with Gasteiger partial charge in [-0.25, -0.2) is 0 Å². The number of nitro benzene ring substituents is 1. The van der Waals surface area contributed by atoms with E-state index in [4.69, 9.17) is 12.2 Å². The van der Waals surface area contributed by atoms with Crippen LogP contribution in [0.1, 0.15) is 56.8 Å². The van der Waals surface area contributed by atoms with Crippen molar-refractivity contribution in [3.05, 3.63) is 33.9 Å². The van der Waals surface area contributed by atoms with Crippen LogP contribution in [0, 0.1) is 10.1 Å². The summed E-state index contributed by atoms with van der Waals surface area (Å²) in [4.78, 5) is 25.5. The van der Waals surface area contributed by atoms with Crippen molar-refractivity contribution < 1.29 is 9.72 Å². The molecule has 9 heteroatoms. The molecule has 2 rings (SSSR count). The summed E-state index contributed by atoms with van der Waals surface area (Å²) in [5, 5.41) is 14.8. The van der Waals surface area contributed by atoms with Crippen molar-refractivity contribution in [2.24, 2.45) is 0 Å². The van der Waals surface area contributed by atoms with E-state index in [2.05, 4.69) is 16.2 Å². The highest BCUT2D eigenvalue weighted by molar-refractivity contribution is 7.80. The van der Waals surface area contributed by atoms with Gasteiger partial charge in [0.15, 0.2) is 5.11 Å². The van der Waals surface area contributed by atoms with Gasteiger partial charge in [0.25, 0.3) is 11.6 Å². The molecule has 8 nitrogen and oxygen atoms in total. The number of hydrazine groups is 1. The second-order valence-corrected chi connectivity index (χ2v) is 8.05. The van der Waals surface area contributed by atoms with Gasteiger partial charge in [-0.3, -0.25) is 25.8 Å². The zero-order valence-electron chi connectivity index (χ0n) is 16.0. The van der Waals surface area contributed by atoms with E-state index in [0.29, 0.717) is 5.69 Å². The molecule has 1 heterocycles. The molecule has 1 aromatic rings. The molecule has 148 valence electrons. The van der Waals surface area contributed by atoms with E-state index in [1.54, 1.807) is 12.1 Å². The summed E-state index contributed by atoms with van der Waals surface area (Å²) in [6.45, 7) is 7.40. The zero-order valence-corrected chi connectivity index (χ0v) is 16.8. The topological polar surface area (TPSA) is 99.5 Å². The lowest BCUT2D eigenvalue weighted by molar-refractivity contribution is -0.384. The Bertz CT molecular complexity index is 709. The molecule has 1 amide bonds. The molecule has 1 saturated heterocycles. The van der Waals surface area contributed by atoms with Crippen LogP contribution < -0.4 is 21.1 Å². The number of benzene rings is 1. The molecule has 27 heavy (non-hydrogen) atoms. The van der Waals surface area contributed by atoms with Crippen LogP contribution in [-0.2, 0) is 0 Å². The van der Waals surface area contributed by atoms with E-state index in [1.165, 1.54) is 6.07 Å². The molecular weight excluding hydrogens is 366 g/mol. The summed E-state index contributed by atoms with van der Waals surface area (Å²) in [6, 6.07) is 4.58. The molecule has 1 aliphatic rings. The average Bonchev–Trinajstić information content (AvgIpc) is 2.87. The molecule has 1 aromatic carbocycles. The van der Waals surface area contributed by atoms with Crippen molar-refractivity contribution in [1.29, 1.82) is 0 Å². The molecule has 0 unspecified atom stereocenters. The molecule has 0 bridgehead atoms. The minimum Gasteiger partial charge on any atom is -0.366 e. The van der Waals surface area contributed by atoms with Crippen LogP contribution in [0.2, 0.25) is 0 Å². The lowest BCUT2D eigenvalue weighted by atomic mass is 10.1. The van der Waals surface area contributed by atoms with Gasteiger partial charge < -0.3 is 10.2 Å². The van der Waals surface area contributed by atoms with Gasteiger partial charge in [-0.1, -0.05) is 12.8 Å². The van der Waals surface area contributed by atoms with E-state index in [-0.39, 0.29) is 21.9 Å². The Labute approximate surface area is 164 Å². The van der Waals surface area contributed by atoms with Crippen molar-refractivity contribution in [2.45, 2.75) is 52.0 Å². The molecule has 0 atom stereocenters. The first-order chi connectivity index (χ1) is 12.7. The van der Waals surface area contributed by atoms with Gasteiger partial charge in [-0.05, 0) is 58.0 Å². The number of thiocarbonyl (C=S) groups is 1. The van der Waals surface area contributed by atoms with Gasteiger partial charge in [0.1, 0.15) is 5.69 Å². The Morgan fingerprint density at radius 2 is 1.78 bits per heavy atom. The Morgan fingerprint density at radius 3 is 2.33 bits per heavy atom. The second-order valence-electron chi connectivity index (χ2n) is 7.65.